The first-order valence-electron chi connectivity index (χ1n) is 8.54. The number of nitrogens with one attached hydrogen (secondary N) is 3. The van der Waals surface area contributed by atoms with Crippen LogP contribution >= 0.6 is 0 Å². The number of hydrogen-bond donors (Lipinski definition) is 3. The molecular weight excluding hydrogens is 361 g/mol. The average Bonchev–Trinajstić information content (AvgIpc) is 3.27. The minimum atomic E-state index is -4.44. The highest BCUT2D eigenvalue weighted by Crippen LogP contribution is 2.31. The Labute approximate surface area is 152 Å². The minimum Gasteiger partial charge on any atom is -0.324 e. The van der Waals surface area contributed by atoms with Gasteiger partial charge in [0, 0.05) is 12.7 Å². The number of imidazole rings is 1. The summed E-state index contributed by atoms with van der Waals surface area (Å²) in [4.78, 5) is 19.2. The average molecular weight is 378 g/mol. The van der Waals surface area contributed by atoms with Gasteiger partial charge in [-0.3, -0.25) is 14.8 Å². The van der Waals surface area contributed by atoms with Gasteiger partial charge in [0.05, 0.1) is 22.6 Å². The van der Waals surface area contributed by atoms with E-state index >= 15 is 0 Å². The maximum atomic E-state index is 12.8. The zero-order valence-electron chi connectivity index (χ0n) is 14.2. The normalized spacial score (nSPS) is 18.0. The lowest BCUT2D eigenvalue weighted by atomic mass is 10.1. The van der Waals surface area contributed by atoms with Crippen molar-refractivity contribution in [2.45, 2.75) is 25.1 Å². The van der Waals surface area contributed by atoms with E-state index in [4.69, 9.17) is 0 Å². The molecule has 3 aromatic rings. The zero-order valence-corrected chi connectivity index (χ0v) is 14.2. The van der Waals surface area contributed by atoms with E-state index in [2.05, 4.69) is 25.7 Å². The molecule has 0 radical (unpaired) electrons. The lowest BCUT2D eigenvalue weighted by Crippen LogP contribution is -2.32. The Hall–Kier alpha value is -2.88. The van der Waals surface area contributed by atoms with E-state index in [1.807, 2.05) is 0 Å². The quantitative estimate of drug-likeness (QED) is 0.654. The summed E-state index contributed by atoms with van der Waals surface area (Å²) in [5.74, 6) is -0.407. The molecule has 1 amide bonds. The summed E-state index contributed by atoms with van der Waals surface area (Å²) in [6.45, 7) is 1.78. The minimum absolute atomic E-state index is 0.0724. The lowest BCUT2D eigenvalue weighted by molar-refractivity contribution is -0.137. The van der Waals surface area contributed by atoms with E-state index in [1.165, 1.54) is 6.07 Å². The van der Waals surface area contributed by atoms with Crippen molar-refractivity contribution in [2.24, 2.45) is 0 Å². The highest BCUT2D eigenvalue weighted by atomic mass is 19.4. The molecule has 1 aromatic carbocycles. The summed E-state index contributed by atoms with van der Waals surface area (Å²) < 4.78 is 40.1. The maximum absolute atomic E-state index is 12.8. The van der Waals surface area contributed by atoms with Crippen LogP contribution in [0.3, 0.4) is 0 Å². The molecule has 0 bridgehead atoms. The SMILES string of the molecule is O=C(Nc1nc2ccc(C(F)(F)F)cc2[nH]1)c1ccn(C2CCCNC2)n1. The maximum Gasteiger partial charge on any atom is 0.416 e. The number of alkyl halides is 3. The van der Waals surface area contributed by atoms with Gasteiger partial charge in [0.15, 0.2) is 5.69 Å². The summed E-state index contributed by atoms with van der Waals surface area (Å²) in [6.07, 6.45) is -0.657. The van der Waals surface area contributed by atoms with Crippen molar-refractivity contribution in [3.05, 3.63) is 41.7 Å². The fraction of sp³-hybridized carbons (Fsp3) is 0.353. The van der Waals surface area contributed by atoms with Gasteiger partial charge in [0.1, 0.15) is 0 Å². The number of rotatable bonds is 3. The number of nitrogens with zero attached hydrogens (tertiary/aromatic N) is 3. The van der Waals surface area contributed by atoms with E-state index in [0.717, 1.165) is 38.1 Å². The Morgan fingerprint density at radius 1 is 1.30 bits per heavy atom. The standard InChI is InChI=1S/C17H17F3N6O/c18-17(19,20)10-3-4-12-14(8-10)23-16(22-12)24-15(27)13-5-7-26(25-13)11-2-1-6-21-9-11/h3-5,7-8,11,21H,1-2,6,9H2,(H2,22,23,24,27). The van der Waals surface area contributed by atoms with Gasteiger partial charge in [-0.1, -0.05) is 0 Å². The third kappa shape index (κ3) is 3.65. The molecule has 7 nitrogen and oxygen atoms in total. The van der Waals surface area contributed by atoms with Crippen LogP contribution in [0.1, 0.15) is 34.9 Å². The monoisotopic (exact) mass is 378 g/mol. The topological polar surface area (TPSA) is 87.6 Å². The molecule has 10 heteroatoms. The third-order valence-electron chi connectivity index (χ3n) is 4.53. The van der Waals surface area contributed by atoms with Crippen LogP contribution in [0.15, 0.2) is 30.5 Å². The number of benzene rings is 1. The van der Waals surface area contributed by atoms with Crippen LogP contribution in [-0.4, -0.2) is 38.7 Å². The molecule has 1 aliphatic heterocycles. The van der Waals surface area contributed by atoms with E-state index < -0.39 is 17.6 Å². The van der Waals surface area contributed by atoms with Gasteiger partial charge >= 0.3 is 6.18 Å². The van der Waals surface area contributed by atoms with Gasteiger partial charge in [-0.2, -0.15) is 18.3 Å². The van der Waals surface area contributed by atoms with E-state index in [1.54, 1.807) is 16.9 Å². The van der Waals surface area contributed by atoms with Crippen LogP contribution in [-0.2, 0) is 6.18 Å². The first kappa shape index (κ1) is 17.5. The number of anilines is 1. The van der Waals surface area contributed by atoms with Gasteiger partial charge in [0.25, 0.3) is 5.91 Å². The largest absolute Gasteiger partial charge is 0.416 e. The predicted octanol–water partition coefficient (Wildman–Crippen LogP) is 2.96. The fourth-order valence-corrected chi connectivity index (χ4v) is 3.14. The van der Waals surface area contributed by atoms with Crippen molar-refractivity contribution >= 4 is 22.9 Å². The molecular formula is C17H17F3N6O. The highest BCUT2D eigenvalue weighted by molar-refractivity contribution is 6.02. The Bertz CT molecular complexity index is 971. The molecule has 1 saturated heterocycles. The summed E-state index contributed by atoms with van der Waals surface area (Å²) in [7, 11) is 0. The molecule has 1 fully saturated rings. The number of aromatic nitrogens is 4. The molecule has 142 valence electrons. The number of fused-ring (bicyclic) bond motifs is 1. The van der Waals surface area contributed by atoms with Crippen LogP contribution in [0.2, 0.25) is 0 Å². The van der Waals surface area contributed by atoms with Crippen LogP contribution < -0.4 is 10.6 Å². The number of hydrogen-bond acceptors (Lipinski definition) is 4. The van der Waals surface area contributed by atoms with Gasteiger partial charge in [-0.05, 0) is 43.7 Å². The smallest absolute Gasteiger partial charge is 0.324 e. The van der Waals surface area contributed by atoms with E-state index in [-0.39, 0.29) is 23.2 Å². The number of H-pyrrole nitrogens is 1. The predicted molar refractivity (Wildman–Crippen MR) is 92.4 cm³/mol. The summed E-state index contributed by atoms with van der Waals surface area (Å²) in [5.41, 5.74) is -0.0376. The third-order valence-corrected chi connectivity index (χ3v) is 4.53. The van der Waals surface area contributed by atoms with Gasteiger partial charge in [-0.15, -0.1) is 0 Å². The summed E-state index contributed by atoms with van der Waals surface area (Å²) in [5, 5.41) is 10.1. The molecule has 0 saturated carbocycles. The van der Waals surface area contributed by atoms with Gasteiger partial charge in [0.2, 0.25) is 5.95 Å². The van der Waals surface area contributed by atoms with Crippen LogP contribution in [0.25, 0.3) is 11.0 Å². The number of carbonyl (C=O) groups is 1. The second kappa shape index (κ2) is 6.69. The number of carbonyl (C=O) groups excluding carboxylic acids is 1. The second-order valence-electron chi connectivity index (χ2n) is 6.45. The second-order valence-corrected chi connectivity index (χ2v) is 6.45. The zero-order chi connectivity index (χ0) is 19.0. The number of halogens is 3. The molecule has 1 unspecified atom stereocenters. The Morgan fingerprint density at radius 2 is 2.15 bits per heavy atom. The van der Waals surface area contributed by atoms with Crippen molar-refractivity contribution in [3.8, 4) is 0 Å². The molecule has 4 rings (SSSR count). The van der Waals surface area contributed by atoms with Crippen LogP contribution in [0.5, 0.6) is 0 Å². The highest BCUT2D eigenvalue weighted by Gasteiger charge is 2.30. The van der Waals surface area contributed by atoms with Crippen molar-refractivity contribution in [3.63, 3.8) is 0 Å². The lowest BCUT2D eigenvalue weighted by Gasteiger charge is -2.22. The van der Waals surface area contributed by atoms with Crippen molar-refractivity contribution in [1.29, 1.82) is 0 Å². The summed E-state index contributed by atoms with van der Waals surface area (Å²) >= 11 is 0. The first-order valence-corrected chi connectivity index (χ1v) is 8.54. The van der Waals surface area contributed by atoms with Crippen molar-refractivity contribution in [2.75, 3.05) is 18.4 Å². The molecule has 3 N–H and O–H groups in total. The van der Waals surface area contributed by atoms with Gasteiger partial charge in [-0.25, -0.2) is 4.98 Å². The molecule has 1 aliphatic rings. The molecule has 3 heterocycles. The van der Waals surface area contributed by atoms with Crippen molar-refractivity contribution in [1.82, 2.24) is 25.1 Å². The van der Waals surface area contributed by atoms with Crippen molar-refractivity contribution < 1.29 is 18.0 Å². The van der Waals surface area contributed by atoms with Crippen LogP contribution in [0.4, 0.5) is 19.1 Å². The first-order chi connectivity index (χ1) is 12.9. The number of piperidine rings is 1. The molecule has 2 aromatic heterocycles. The van der Waals surface area contributed by atoms with E-state index in [0.29, 0.717) is 5.52 Å². The summed E-state index contributed by atoms with van der Waals surface area (Å²) in [6, 6.07) is 4.98. The van der Waals surface area contributed by atoms with Crippen LogP contribution in [0, 0.1) is 0 Å². The molecule has 27 heavy (non-hydrogen) atoms. The molecule has 0 aliphatic carbocycles. The number of amides is 1. The fourth-order valence-electron chi connectivity index (χ4n) is 3.14. The van der Waals surface area contributed by atoms with Gasteiger partial charge < -0.3 is 10.3 Å². The molecule has 1 atom stereocenters. The van der Waals surface area contributed by atoms with E-state index in [9.17, 15) is 18.0 Å². The number of aromatic amines is 1. The Morgan fingerprint density at radius 3 is 2.89 bits per heavy atom. The Balaban J connectivity index is 1.50. The Kier molecular flexibility index (Phi) is 4.34. The molecule has 0 spiro atoms.